The molecule has 6 nitrogen and oxygen atoms in total. The molecule has 0 bridgehead atoms. The minimum absolute atomic E-state index is 0.662. The van der Waals surface area contributed by atoms with Crippen LogP contribution < -0.4 is 4.90 Å². The summed E-state index contributed by atoms with van der Waals surface area (Å²) in [7, 11) is 4.16. The van der Waals surface area contributed by atoms with Gasteiger partial charge in [0.2, 0.25) is 0 Å². The van der Waals surface area contributed by atoms with Crippen LogP contribution >= 0.6 is 11.8 Å². The van der Waals surface area contributed by atoms with E-state index < -0.39 is 0 Å². The minimum Gasteiger partial charge on any atom is -0.380 e. The van der Waals surface area contributed by atoms with Crippen LogP contribution in [0.2, 0.25) is 0 Å². The summed E-state index contributed by atoms with van der Waals surface area (Å²) in [5, 5.41) is 1.17. The highest BCUT2D eigenvalue weighted by Crippen LogP contribution is 2.45. The number of amidine groups is 1. The molecule has 26 heavy (non-hydrogen) atoms. The van der Waals surface area contributed by atoms with E-state index in [1.807, 2.05) is 13.3 Å². The van der Waals surface area contributed by atoms with Gasteiger partial charge in [-0.25, -0.2) is 9.98 Å². The van der Waals surface area contributed by atoms with Gasteiger partial charge in [-0.1, -0.05) is 23.9 Å². The number of anilines is 1. The number of allylic oxidation sites excluding steroid dienone is 1. The maximum atomic E-state index is 5.49. The van der Waals surface area contributed by atoms with Crippen molar-refractivity contribution < 1.29 is 4.74 Å². The van der Waals surface area contributed by atoms with Crippen LogP contribution in [-0.4, -0.2) is 62.5 Å². The Kier molecular flexibility index (Phi) is 4.74. The molecule has 4 rings (SSSR count). The van der Waals surface area contributed by atoms with E-state index in [0.717, 1.165) is 30.4 Å². The molecule has 136 valence electrons. The predicted octanol–water partition coefficient (Wildman–Crippen LogP) is 2.96. The van der Waals surface area contributed by atoms with Gasteiger partial charge in [0, 0.05) is 32.1 Å². The highest BCUT2D eigenvalue weighted by molar-refractivity contribution is 8.03. The van der Waals surface area contributed by atoms with Gasteiger partial charge in [0.1, 0.15) is 12.4 Å². The first-order chi connectivity index (χ1) is 12.7. The van der Waals surface area contributed by atoms with Crippen LogP contribution in [0.5, 0.6) is 0 Å². The lowest BCUT2D eigenvalue weighted by molar-refractivity contribution is 0.142. The second kappa shape index (κ2) is 7.17. The van der Waals surface area contributed by atoms with Crippen molar-refractivity contribution in [1.29, 1.82) is 0 Å². The zero-order valence-corrected chi connectivity index (χ0v) is 16.2. The standard InChI is InChI=1S/C19H23N5OS/c1-4-25-10-9-24-13-20-14(18-19(24)21-12-22(18)2)11-17-23(3)15-7-5-6-8-16(15)26-17/h5-8,11,13H,4,9-10,12H2,1-3H3/b17-11-. The molecule has 0 saturated carbocycles. The summed E-state index contributed by atoms with van der Waals surface area (Å²) in [5.41, 5.74) is 3.28. The van der Waals surface area contributed by atoms with E-state index in [1.165, 1.54) is 15.6 Å². The lowest BCUT2D eigenvalue weighted by Crippen LogP contribution is -2.37. The molecule has 0 amide bonds. The van der Waals surface area contributed by atoms with Gasteiger partial charge in [-0.2, -0.15) is 0 Å². The molecule has 1 aromatic carbocycles. The lowest BCUT2D eigenvalue weighted by atomic mass is 10.2. The molecule has 0 aromatic heterocycles. The highest BCUT2D eigenvalue weighted by atomic mass is 32.2. The number of fused-ring (bicyclic) bond motifs is 2. The number of rotatable bonds is 5. The molecule has 0 spiro atoms. The van der Waals surface area contributed by atoms with Crippen LogP contribution in [0.3, 0.4) is 0 Å². The summed E-state index contributed by atoms with van der Waals surface area (Å²) in [6.07, 6.45) is 4.04. The number of hydrogen-bond acceptors (Lipinski definition) is 7. The highest BCUT2D eigenvalue weighted by Gasteiger charge is 2.30. The Balaban J connectivity index is 1.61. The minimum atomic E-state index is 0.662. The van der Waals surface area contributed by atoms with Gasteiger partial charge in [0.05, 0.1) is 29.4 Å². The molecule has 0 radical (unpaired) electrons. The van der Waals surface area contributed by atoms with Crippen molar-refractivity contribution in [3.63, 3.8) is 0 Å². The Hall–Kier alpha value is -2.25. The number of para-hydroxylation sites is 1. The van der Waals surface area contributed by atoms with Crippen LogP contribution in [0.1, 0.15) is 6.92 Å². The van der Waals surface area contributed by atoms with Crippen molar-refractivity contribution in [3.05, 3.63) is 46.8 Å². The molecule has 7 heteroatoms. The molecule has 0 unspecified atom stereocenters. The van der Waals surface area contributed by atoms with Gasteiger partial charge < -0.3 is 19.4 Å². The summed E-state index contributed by atoms with van der Waals surface area (Å²) in [6.45, 7) is 4.82. The summed E-state index contributed by atoms with van der Waals surface area (Å²) in [4.78, 5) is 17.2. The van der Waals surface area contributed by atoms with Gasteiger partial charge in [0.25, 0.3) is 0 Å². The van der Waals surface area contributed by atoms with Gasteiger partial charge in [0.15, 0.2) is 5.84 Å². The average Bonchev–Trinajstić information content (AvgIpc) is 3.19. The number of likely N-dealkylation sites (N-methyl/N-ethyl adjacent to an activating group) is 1. The van der Waals surface area contributed by atoms with Crippen molar-refractivity contribution in [3.8, 4) is 0 Å². The monoisotopic (exact) mass is 369 g/mol. The molecule has 0 N–H and O–H groups in total. The smallest absolute Gasteiger partial charge is 0.156 e. The van der Waals surface area contributed by atoms with E-state index in [4.69, 9.17) is 14.7 Å². The molecule has 1 aromatic rings. The summed E-state index contributed by atoms with van der Waals surface area (Å²) in [5.74, 6) is 0.984. The van der Waals surface area contributed by atoms with Crippen LogP contribution in [0.15, 0.2) is 61.6 Å². The van der Waals surface area contributed by atoms with Crippen LogP contribution in [0, 0.1) is 0 Å². The molecule has 0 atom stereocenters. The van der Waals surface area contributed by atoms with E-state index in [9.17, 15) is 0 Å². The zero-order chi connectivity index (χ0) is 18.1. The maximum Gasteiger partial charge on any atom is 0.156 e. The second-order valence-electron chi connectivity index (χ2n) is 6.30. The van der Waals surface area contributed by atoms with E-state index in [0.29, 0.717) is 13.3 Å². The number of nitrogens with zero attached hydrogens (tertiary/aromatic N) is 5. The SMILES string of the molecule is CCOCCN1C=NC(/C=C2\Sc3ccccc3N2C)=C2C1=NCN2C. The number of hydrogen-bond donors (Lipinski definition) is 0. The van der Waals surface area contributed by atoms with E-state index in [2.05, 4.69) is 59.1 Å². The number of thioether (sulfide) groups is 1. The Bertz CT molecular complexity index is 829. The first-order valence-electron chi connectivity index (χ1n) is 8.80. The second-order valence-corrected chi connectivity index (χ2v) is 7.36. The third-order valence-corrected chi connectivity index (χ3v) is 5.76. The maximum absolute atomic E-state index is 5.49. The molecule has 0 aliphatic carbocycles. The van der Waals surface area contributed by atoms with E-state index in [1.54, 1.807) is 11.8 Å². The summed E-state index contributed by atoms with van der Waals surface area (Å²) in [6, 6.07) is 8.46. The van der Waals surface area contributed by atoms with Gasteiger partial charge >= 0.3 is 0 Å². The molecule has 3 heterocycles. The van der Waals surface area contributed by atoms with Gasteiger partial charge in [-0.3, -0.25) is 0 Å². The van der Waals surface area contributed by atoms with Gasteiger partial charge in [-0.05, 0) is 25.1 Å². The Labute approximate surface area is 158 Å². The Morgan fingerprint density at radius 1 is 1.27 bits per heavy atom. The van der Waals surface area contributed by atoms with E-state index in [-0.39, 0.29) is 0 Å². The fourth-order valence-corrected chi connectivity index (χ4v) is 4.30. The van der Waals surface area contributed by atoms with Gasteiger partial charge in [-0.15, -0.1) is 0 Å². The fourth-order valence-electron chi connectivity index (χ4n) is 3.21. The molecule has 0 saturated heterocycles. The molecule has 0 fully saturated rings. The van der Waals surface area contributed by atoms with Crippen molar-refractivity contribution in [2.24, 2.45) is 9.98 Å². The number of benzene rings is 1. The molecule has 3 aliphatic rings. The molecular weight excluding hydrogens is 346 g/mol. The molecule has 3 aliphatic heterocycles. The Morgan fingerprint density at radius 2 is 2.12 bits per heavy atom. The largest absolute Gasteiger partial charge is 0.380 e. The first kappa shape index (κ1) is 17.2. The lowest BCUT2D eigenvalue weighted by Gasteiger charge is -2.27. The first-order valence-corrected chi connectivity index (χ1v) is 9.62. The topological polar surface area (TPSA) is 43.7 Å². The van der Waals surface area contributed by atoms with E-state index >= 15 is 0 Å². The van der Waals surface area contributed by atoms with Crippen LogP contribution in [0.25, 0.3) is 0 Å². The zero-order valence-electron chi connectivity index (χ0n) is 15.3. The van der Waals surface area contributed by atoms with Crippen LogP contribution in [0.4, 0.5) is 5.69 Å². The van der Waals surface area contributed by atoms with Crippen molar-refractivity contribution in [2.75, 3.05) is 45.4 Å². The fraction of sp³-hybridized carbons (Fsp3) is 0.368. The molecular formula is C19H23N5OS. The van der Waals surface area contributed by atoms with Crippen LogP contribution in [-0.2, 0) is 4.74 Å². The number of ether oxygens (including phenoxy) is 1. The summed E-state index contributed by atoms with van der Waals surface area (Å²) >= 11 is 1.78. The van der Waals surface area contributed by atoms with Crippen molar-refractivity contribution >= 4 is 29.6 Å². The summed E-state index contributed by atoms with van der Waals surface area (Å²) < 4.78 is 5.49. The van der Waals surface area contributed by atoms with Crippen molar-refractivity contribution in [1.82, 2.24) is 9.80 Å². The third kappa shape index (κ3) is 3.01. The van der Waals surface area contributed by atoms with Crippen molar-refractivity contribution in [2.45, 2.75) is 11.8 Å². The quantitative estimate of drug-likeness (QED) is 0.747. The third-order valence-electron chi connectivity index (χ3n) is 4.59. The number of aliphatic imine (C=N–C) groups is 2. The normalized spacial score (nSPS) is 20.2. The predicted molar refractivity (Wildman–Crippen MR) is 108 cm³/mol. The average molecular weight is 369 g/mol. The Morgan fingerprint density at radius 3 is 2.92 bits per heavy atom.